The first-order chi connectivity index (χ1) is 8.24. The van der Waals surface area contributed by atoms with E-state index in [1.54, 1.807) is 0 Å². The summed E-state index contributed by atoms with van der Waals surface area (Å²) in [7, 11) is 0. The van der Waals surface area contributed by atoms with E-state index in [1.807, 2.05) is 0 Å². The summed E-state index contributed by atoms with van der Waals surface area (Å²) in [6.45, 7) is 15.0. The van der Waals surface area contributed by atoms with Crippen LogP contribution >= 0.6 is 0 Å². The Morgan fingerprint density at radius 2 is 0.737 bits per heavy atom. The smallest absolute Gasteiger partial charge is 0.187 e. The second kappa shape index (κ2) is 16.5. The fourth-order valence-corrected chi connectivity index (χ4v) is 2.64. The van der Waals surface area contributed by atoms with Gasteiger partial charge in [-0.25, -0.2) is 0 Å². The van der Waals surface area contributed by atoms with E-state index in [1.165, 1.54) is 82.0 Å². The molecule has 0 radical (unpaired) electrons. The first-order valence-corrected chi connectivity index (χ1v) is 8.09. The molecule has 0 amide bonds. The Hall–Kier alpha value is 0.452. The van der Waals surface area contributed by atoms with Gasteiger partial charge in [-0.05, 0) is 25.7 Å². The fraction of sp³-hybridized carbons (Fsp3) is 1.00. The van der Waals surface area contributed by atoms with Gasteiger partial charge in [-0.1, -0.05) is 53.4 Å². The molecule has 118 valence electrons. The van der Waals surface area contributed by atoms with Crippen LogP contribution in [0.2, 0.25) is 0 Å². The maximum Gasteiger partial charge on any atom is 0.187 e. The third kappa shape index (κ3) is 11.9. The lowest BCUT2D eigenvalue weighted by molar-refractivity contribution is -0.929. The molecule has 2 N–H and O–H groups in total. The lowest BCUT2D eigenvalue weighted by atomic mass is 10.1. The van der Waals surface area contributed by atoms with E-state index in [4.69, 9.17) is 0 Å². The van der Waals surface area contributed by atoms with Gasteiger partial charge in [-0.2, -0.15) is 0 Å². The first-order valence-electron chi connectivity index (χ1n) is 8.09. The van der Waals surface area contributed by atoms with Gasteiger partial charge in [-0.15, -0.1) is 0 Å². The molecular weight excluding hydrogens is 249 g/mol. The molecule has 0 unspecified atom stereocenters. The summed E-state index contributed by atoms with van der Waals surface area (Å²) in [6, 6.07) is 0. The molecule has 0 saturated carbocycles. The highest BCUT2D eigenvalue weighted by Gasteiger charge is 2.24. The lowest BCUT2D eigenvalue weighted by Crippen LogP contribution is -2.50. The molecule has 0 aromatic carbocycles. The van der Waals surface area contributed by atoms with Crippen LogP contribution in [-0.4, -0.2) is 53.5 Å². The van der Waals surface area contributed by atoms with E-state index in [-0.39, 0.29) is 22.8 Å². The van der Waals surface area contributed by atoms with Crippen molar-refractivity contribution in [3.8, 4) is 0 Å². The monoisotopic (exact) mass is 290 g/mol. The fourth-order valence-electron chi connectivity index (χ4n) is 2.64. The number of quaternary nitrogens is 1. The highest BCUT2D eigenvalue weighted by molar-refractivity contribution is 5.75. The van der Waals surface area contributed by atoms with Crippen LogP contribution in [0.4, 0.5) is 0 Å². The Balaban J connectivity index is -0.00000128. The zero-order valence-corrected chi connectivity index (χ0v) is 13.4. The third-order valence-corrected chi connectivity index (χ3v) is 3.94. The van der Waals surface area contributed by atoms with E-state index in [0.29, 0.717) is 0 Å². The standard InChI is InChI=1S/C16H36N.Al.H2O.3H/c1-5-9-13-17(14-10-6-2,15-11-7-3)16-12-8-4;;;;;/h5-16H2,1-4H3;;1H2;;;/q+1;;;;;. The van der Waals surface area contributed by atoms with Crippen molar-refractivity contribution in [1.29, 1.82) is 0 Å². The minimum absolute atomic E-state index is 0. The minimum atomic E-state index is 0. The zero-order chi connectivity index (χ0) is 13.0. The Bertz CT molecular complexity index is 127. The molecule has 19 heavy (non-hydrogen) atoms. The second-order valence-electron chi connectivity index (χ2n) is 5.65. The lowest BCUT2D eigenvalue weighted by Gasteiger charge is -2.39. The summed E-state index contributed by atoms with van der Waals surface area (Å²) in [5.41, 5.74) is 0. The minimum Gasteiger partial charge on any atom is -0.412 e. The molecule has 0 bridgehead atoms. The summed E-state index contributed by atoms with van der Waals surface area (Å²) in [6.07, 6.45) is 11.1. The molecule has 0 atom stereocenters. The number of hydrogen-bond donors (Lipinski definition) is 0. The van der Waals surface area contributed by atoms with E-state index >= 15 is 0 Å². The normalized spacial score (nSPS) is 10.7. The summed E-state index contributed by atoms with van der Waals surface area (Å²) >= 11 is 0. The Morgan fingerprint density at radius 3 is 0.895 bits per heavy atom. The molecule has 0 fully saturated rings. The quantitative estimate of drug-likeness (QED) is 0.391. The molecule has 0 saturated heterocycles. The zero-order valence-electron chi connectivity index (χ0n) is 13.4. The maximum absolute atomic E-state index is 2.33. The summed E-state index contributed by atoms with van der Waals surface area (Å²) in [5, 5.41) is 0. The third-order valence-electron chi connectivity index (χ3n) is 3.94. The van der Waals surface area contributed by atoms with Gasteiger partial charge in [0.1, 0.15) is 0 Å². The van der Waals surface area contributed by atoms with Crippen molar-refractivity contribution in [1.82, 2.24) is 0 Å². The van der Waals surface area contributed by atoms with Crippen LogP contribution in [-0.2, 0) is 0 Å². The number of unbranched alkanes of at least 4 members (excludes halogenated alkanes) is 4. The van der Waals surface area contributed by atoms with Gasteiger partial charge in [0.15, 0.2) is 17.4 Å². The number of hydrogen-bond acceptors (Lipinski definition) is 0. The molecule has 2 nitrogen and oxygen atoms in total. The van der Waals surface area contributed by atoms with Gasteiger partial charge in [0.25, 0.3) is 0 Å². The molecule has 0 spiro atoms. The van der Waals surface area contributed by atoms with Crippen LogP contribution in [0, 0.1) is 0 Å². The molecule has 0 aromatic heterocycles. The predicted octanol–water partition coefficient (Wildman–Crippen LogP) is 3.00. The molecule has 3 heteroatoms. The average Bonchev–Trinajstić information content (AvgIpc) is 2.37. The topological polar surface area (TPSA) is 31.5 Å². The van der Waals surface area contributed by atoms with Gasteiger partial charge < -0.3 is 9.96 Å². The van der Waals surface area contributed by atoms with Crippen LogP contribution in [0.25, 0.3) is 0 Å². The molecule has 0 aromatic rings. The Labute approximate surface area is 133 Å². The Kier molecular flexibility index (Phi) is 21.3. The summed E-state index contributed by atoms with van der Waals surface area (Å²) in [5.74, 6) is 0. The van der Waals surface area contributed by atoms with Gasteiger partial charge in [0, 0.05) is 0 Å². The van der Waals surface area contributed by atoms with Crippen molar-refractivity contribution in [2.75, 3.05) is 26.2 Å². The van der Waals surface area contributed by atoms with E-state index in [9.17, 15) is 0 Å². The van der Waals surface area contributed by atoms with Crippen LogP contribution in [0.15, 0.2) is 0 Å². The van der Waals surface area contributed by atoms with Crippen LogP contribution in [0.3, 0.4) is 0 Å². The van der Waals surface area contributed by atoms with Gasteiger partial charge in [0.05, 0.1) is 26.2 Å². The summed E-state index contributed by atoms with van der Waals surface area (Å²) < 4.78 is 1.42. The van der Waals surface area contributed by atoms with E-state index < -0.39 is 0 Å². The van der Waals surface area contributed by atoms with Gasteiger partial charge in [0.2, 0.25) is 0 Å². The van der Waals surface area contributed by atoms with Crippen molar-refractivity contribution >= 4 is 17.4 Å². The largest absolute Gasteiger partial charge is 0.412 e. The van der Waals surface area contributed by atoms with Crippen molar-refractivity contribution in [2.45, 2.75) is 79.1 Å². The molecule has 0 aliphatic rings. The number of rotatable bonds is 12. The Morgan fingerprint density at radius 1 is 0.526 bits per heavy atom. The van der Waals surface area contributed by atoms with Gasteiger partial charge in [-0.3, -0.25) is 0 Å². The van der Waals surface area contributed by atoms with Crippen molar-refractivity contribution in [3.05, 3.63) is 0 Å². The van der Waals surface area contributed by atoms with Crippen molar-refractivity contribution in [2.24, 2.45) is 0 Å². The van der Waals surface area contributed by atoms with Crippen molar-refractivity contribution in [3.63, 3.8) is 0 Å². The van der Waals surface area contributed by atoms with Crippen LogP contribution in [0.1, 0.15) is 79.1 Å². The second-order valence-corrected chi connectivity index (χ2v) is 5.65. The van der Waals surface area contributed by atoms with E-state index in [2.05, 4.69) is 27.7 Å². The first kappa shape index (κ1) is 24.5. The number of nitrogens with zero attached hydrogens (tertiary/aromatic N) is 1. The molecule has 0 rings (SSSR count). The molecule has 0 aliphatic heterocycles. The van der Waals surface area contributed by atoms with Gasteiger partial charge >= 0.3 is 0 Å². The molecular formula is C16H41AlNO+. The highest BCUT2D eigenvalue weighted by Crippen LogP contribution is 2.16. The summed E-state index contributed by atoms with van der Waals surface area (Å²) in [4.78, 5) is 0. The van der Waals surface area contributed by atoms with Crippen LogP contribution in [0.5, 0.6) is 0 Å². The maximum atomic E-state index is 2.33. The highest BCUT2D eigenvalue weighted by atomic mass is 27.0. The van der Waals surface area contributed by atoms with Crippen LogP contribution < -0.4 is 0 Å². The van der Waals surface area contributed by atoms with E-state index in [0.717, 1.165) is 0 Å². The predicted molar refractivity (Wildman–Crippen MR) is 92.9 cm³/mol. The molecule has 0 heterocycles. The SMILES string of the molecule is CCCC[N+](CCCC)(CCCC)CCCC.O.[AlH3]. The average molecular weight is 290 g/mol. The molecule has 0 aliphatic carbocycles. The van der Waals surface area contributed by atoms with Crippen molar-refractivity contribution < 1.29 is 9.96 Å².